The predicted molar refractivity (Wildman–Crippen MR) is 89.1 cm³/mol. The second-order valence-corrected chi connectivity index (χ2v) is 6.10. The van der Waals surface area contributed by atoms with E-state index in [-0.39, 0.29) is 17.5 Å². The number of fused-ring (bicyclic) bond motifs is 1. The molecule has 2 amide bonds. The highest BCUT2D eigenvalue weighted by molar-refractivity contribution is 6.09. The van der Waals surface area contributed by atoms with Gasteiger partial charge in [-0.25, -0.2) is 0 Å². The normalized spacial score (nSPS) is 14.7. The molecule has 2 N–H and O–H groups in total. The number of nitrogens with one attached hydrogen (secondary N) is 2. The summed E-state index contributed by atoms with van der Waals surface area (Å²) < 4.78 is 0. The monoisotopic (exact) mass is 325 g/mol. The van der Waals surface area contributed by atoms with Gasteiger partial charge in [0.2, 0.25) is 5.91 Å². The molecule has 0 bridgehead atoms. The first-order valence-corrected chi connectivity index (χ1v) is 7.31. The number of rotatable bonds is 3. The topological polar surface area (TPSA) is 101 Å². The lowest BCUT2D eigenvalue weighted by molar-refractivity contribution is -0.384. The molecule has 0 unspecified atom stereocenters. The standard InChI is InChI=1S/C17H15N3O4/c1-17(2)13-8-3-10(9-14(13)19-16(17)22)15(21)18-11-4-6-12(7-5-11)20(23)24/h3-9H,1-2H3,(H,18,21)(H,19,22). The summed E-state index contributed by atoms with van der Waals surface area (Å²) in [6, 6.07) is 10.6. The van der Waals surface area contributed by atoms with Crippen LogP contribution in [0.4, 0.5) is 17.1 Å². The first kappa shape index (κ1) is 15.7. The number of hydrogen-bond donors (Lipinski definition) is 2. The number of anilines is 2. The van der Waals surface area contributed by atoms with Crippen molar-refractivity contribution in [2.24, 2.45) is 0 Å². The number of nitro benzene ring substituents is 1. The van der Waals surface area contributed by atoms with Gasteiger partial charge in [0.05, 0.1) is 10.3 Å². The molecule has 7 nitrogen and oxygen atoms in total. The van der Waals surface area contributed by atoms with Gasteiger partial charge in [-0.3, -0.25) is 19.7 Å². The Morgan fingerprint density at radius 3 is 2.46 bits per heavy atom. The third kappa shape index (κ3) is 2.60. The van der Waals surface area contributed by atoms with Crippen molar-refractivity contribution in [2.45, 2.75) is 19.3 Å². The summed E-state index contributed by atoms with van der Waals surface area (Å²) in [5.74, 6) is -0.462. The molecule has 0 saturated heterocycles. The number of benzene rings is 2. The zero-order chi connectivity index (χ0) is 17.5. The summed E-state index contributed by atoms with van der Waals surface area (Å²) in [6.45, 7) is 3.65. The van der Waals surface area contributed by atoms with E-state index >= 15 is 0 Å². The van der Waals surface area contributed by atoms with Crippen molar-refractivity contribution in [1.29, 1.82) is 0 Å². The lowest BCUT2D eigenvalue weighted by atomic mass is 9.86. The predicted octanol–water partition coefficient (Wildman–Crippen LogP) is 3.08. The summed E-state index contributed by atoms with van der Waals surface area (Å²) in [5.41, 5.74) is 1.65. The summed E-state index contributed by atoms with van der Waals surface area (Å²) in [5, 5.41) is 16.1. The number of amides is 2. The largest absolute Gasteiger partial charge is 0.325 e. The van der Waals surface area contributed by atoms with Gasteiger partial charge in [-0.1, -0.05) is 6.07 Å². The fourth-order valence-corrected chi connectivity index (χ4v) is 2.60. The highest BCUT2D eigenvalue weighted by Gasteiger charge is 2.38. The number of non-ortho nitro benzene ring substituents is 1. The molecule has 0 saturated carbocycles. The second-order valence-electron chi connectivity index (χ2n) is 6.10. The van der Waals surface area contributed by atoms with E-state index < -0.39 is 10.3 Å². The van der Waals surface area contributed by atoms with E-state index in [1.54, 1.807) is 18.2 Å². The van der Waals surface area contributed by atoms with Crippen molar-refractivity contribution in [2.75, 3.05) is 10.6 Å². The van der Waals surface area contributed by atoms with E-state index in [2.05, 4.69) is 10.6 Å². The van der Waals surface area contributed by atoms with Crippen LogP contribution in [0.15, 0.2) is 42.5 Å². The van der Waals surface area contributed by atoms with Crippen molar-refractivity contribution >= 4 is 28.9 Å². The minimum atomic E-state index is -0.622. The molecule has 0 radical (unpaired) electrons. The van der Waals surface area contributed by atoms with Gasteiger partial charge in [0.15, 0.2) is 0 Å². The first-order chi connectivity index (χ1) is 11.3. The molecule has 1 aliphatic rings. The summed E-state index contributed by atoms with van der Waals surface area (Å²) in [6.07, 6.45) is 0. The zero-order valence-electron chi connectivity index (χ0n) is 13.1. The Kier molecular flexibility index (Phi) is 3.56. The van der Waals surface area contributed by atoms with Crippen molar-refractivity contribution in [3.63, 3.8) is 0 Å². The van der Waals surface area contributed by atoms with Crippen LogP contribution in [0.2, 0.25) is 0 Å². The average Bonchev–Trinajstić information content (AvgIpc) is 2.77. The molecule has 2 aromatic carbocycles. The van der Waals surface area contributed by atoms with Gasteiger partial charge >= 0.3 is 0 Å². The third-order valence-corrected chi connectivity index (χ3v) is 4.11. The van der Waals surface area contributed by atoms with E-state index in [4.69, 9.17) is 0 Å². The van der Waals surface area contributed by atoms with Crippen molar-refractivity contribution in [1.82, 2.24) is 0 Å². The Bertz CT molecular complexity index is 857. The maximum Gasteiger partial charge on any atom is 0.269 e. The van der Waals surface area contributed by atoms with Crippen molar-refractivity contribution in [3.8, 4) is 0 Å². The average molecular weight is 325 g/mol. The van der Waals surface area contributed by atoms with E-state index in [1.807, 2.05) is 13.8 Å². The van der Waals surface area contributed by atoms with Crippen LogP contribution in [0.3, 0.4) is 0 Å². The molecule has 0 fully saturated rings. The van der Waals surface area contributed by atoms with Gasteiger partial charge < -0.3 is 10.6 Å². The Morgan fingerprint density at radius 2 is 1.83 bits per heavy atom. The quantitative estimate of drug-likeness (QED) is 0.669. The molecule has 1 aliphatic heterocycles. The molecule has 0 atom stereocenters. The molecular weight excluding hydrogens is 310 g/mol. The molecule has 24 heavy (non-hydrogen) atoms. The summed E-state index contributed by atoms with van der Waals surface area (Å²) in [4.78, 5) is 34.4. The Balaban J connectivity index is 1.80. The molecule has 122 valence electrons. The van der Waals surface area contributed by atoms with Gasteiger partial charge in [0.25, 0.3) is 11.6 Å². The molecule has 3 rings (SSSR count). The second kappa shape index (κ2) is 5.45. The maximum absolute atomic E-state index is 12.3. The van der Waals surface area contributed by atoms with Crippen LogP contribution < -0.4 is 10.6 Å². The number of nitro groups is 1. The van der Waals surface area contributed by atoms with Crippen LogP contribution in [0.25, 0.3) is 0 Å². The minimum Gasteiger partial charge on any atom is -0.325 e. The van der Waals surface area contributed by atoms with Gasteiger partial charge in [-0.05, 0) is 43.7 Å². The number of carbonyl (C=O) groups is 2. The lowest BCUT2D eigenvalue weighted by Crippen LogP contribution is -2.26. The lowest BCUT2D eigenvalue weighted by Gasteiger charge is -2.15. The molecular formula is C17H15N3O4. The van der Waals surface area contributed by atoms with E-state index in [9.17, 15) is 19.7 Å². The SMILES string of the molecule is CC1(C)C(=O)Nc2cc(C(=O)Nc3ccc([N+](=O)[O-])cc3)ccc21. The number of carbonyl (C=O) groups excluding carboxylic acids is 2. The van der Waals surface area contributed by atoms with E-state index in [0.717, 1.165) is 5.56 Å². The molecule has 1 heterocycles. The molecule has 7 heteroatoms. The van der Waals surface area contributed by atoms with Crippen molar-refractivity contribution in [3.05, 3.63) is 63.7 Å². The Hall–Kier alpha value is -3.22. The third-order valence-electron chi connectivity index (χ3n) is 4.11. The fraction of sp³-hybridized carbons (Fsp3) is 0.176. The van der Waals surface area contributed by atoms with Crippen LogP contribution in [0.1, 0.15) is 29.8 Å². The molecule has 2 aromatic rings. The van der Waals surface area contributed by atoms with E-state index in [1.165, 1.54) is 24.3 Å². The zero-order valence-corrected chi connectivity index (χ0v) is 13.1. The summed E-state index contributed by atoms with van der Waals surface area (Å²) in [7, 11) is 0. The van der Waals surface area contributed by atoms with Crippen LogP contribution in [-0.2, 0) is 10.2 Å². The first-order valence-electron chi connectivity index (χ1n) is 7.31. The number of nitrogens with zero attached hydrogens (tertiary/aromatic N) is 1. The van der Waals surface area contributed by atoms with Crippen LogP contribution in [0.5, 0.6) is 0 Å². The highest BCUT2D eigenvalue weighted by Crippen LogP contribution is 2.37. The fourth-order valence-electron chi connectivity index (χ4n) is 2.60. The highest BCUT2D eigenvalue weighted by atomic mass is 16.6. The smallest absolute Gasteiger partial charge is 0.269 e. The van der Waals surface area contributed by atoms with Gasteiger partial charge in [0.1, 0.15) is 0 Å². The van der Waals surface area contributed by atoms with Gasteiger partial charge in [0, 0.05) is 29.1 Å². The van der Waals surface area contributed by atoms with Crippen LogP contribution in [0, 0.1) is 10.1 Å². The molecule has 0 spiro atoms. The van der Waals surface area contributed by atoms with Crippen molar-refractivity contribution < 1.29 is 14.5 Å². The maximum atomic E-state index is 12.3. The van der Waals surface area contributed by atoms with E-state index in [0.29, 0.717) is 16.9 Å². The molecule has 0 aromatic heterocycles. The minimum absolute atomic E-state index is 0.0459. The Morgan fingerprint density at radius 1 is 1.17 bits per heavy atom. The molecule has 0 aliphatic carbocycles. The van der Waals surface area contributed by atoms with Gasteiger partial charge in [-0.15, -0.1) is 0 Å². The summed E-state index contributed by atoms with van der Waals surface area (Å²) >= 11 is 0. The van der Waals surface area contributed by atoms with Gasteiger partial charge in [-0.2, -0.15) is 0 Å². The number of hydrogen-bond acceptors (Lipinski definition) is 4. The Labute approximate surface area is 137 Å². The van der Waals surface area contributed by atoms with Crippen LogP contribution in [-0.4, -0.2) is 16.7 Å². The van der Waals surface area contributed by atoms with Crippen LogP contribution >= 0.6 is 0 Å².